The Labute approximate surface area is 137 Å². The first-order valence-electron chi connectivity index (χ1n) is 7.21. The molecule has 0 saturated carbocycles. The number of thioether (sulfide) groups is 1. The Kier molecular flexibility index (Phi) is 4.63. The molecule has 1 aliphatic heterocycles. The highest BCUT2D eigenvalue weighted by Gasteiger charge is 2.33. The number of hydrogen-bond donors (Lipinski definition) is 1. The number of aryl methyl sites for hydroxylation is 1. The van der Waals surface area contributed by atoms with Crippen molar-refractivity contribution in [1.82, 2.24) is 10.2 Å². The predicted molar refractivity (Wildman–Crippen MR) is 88.8 cm³/mol. The van der Waals surface area contributed by atoms with E-state index in [4.69, 9.17) is 4.74 Å². The highest BCUT2D eigenvalue weighted by molar-refractivity contribution is 8.02. The largest absolute Gasteiger partial charge is 0.462 e. The lowest BCUT2D eigenvalue weighted by Crippen LogP contribution is -2.08. The molecule has 0 radical (unpaired) electrons. The molecule has 3 rings (SSSR count). The van der Waals surface area contributed by atoms with Crippen LogP contribution in [0.2, 0.25) is 0 Å². The van der Waals surface area contributed by atoms with E-state index in [1.165, 1.54) is 28.7 Å². The van der Waals surface area contributed by atoms with E-state index in [-0.39, 0.29) is 17.3 Å². The lowest BCUT2D eigenvalue weighted by atomic mass is 10.1. The minimum atomic E-state index is -0.168. The number of cyclic esters (lactones) is 1. The number of benzene rings is 1. The molecule has 22 heavy (non-hydrogen) atoms. The maximum atomic E-state index is 11.7. The van der Waals surface area contributed by atoms with Gasteiger partial charge in [-0.3, -0.25) is 4.79 Å². The number of nitrogens with one attached hydrogen (secondary N) is 1. The van der Waals surface area contributed by atoms with Gasteiger partial charge < -0.3 is 10.1 Å². The van der Waals surface area contributed by atoms with Gasteiger partial charge in [-0.1, -0.05) is 48.2 Å². The summed E-state index contributed by atoms with van der Waals surface area (Å²) in [6.45, 7) is 4.03. The summed E-state index contributed by atoms with van der Waals surface area (Å²) in [6, 6.07) is 8.14. The van der Waals surface area contributed by atoms with Gasteiger partial charge in [-0.05, 0) is 25.0 Å². The second-order valence-corrected chi connectivity index (χ2v) is 7.53. The lowest BCUT2D eigenvalue weighted by molar-refractivity contribution is -0.140. The molecule has 2 heterocycles. The Morgan fingerprint density at radius 1 is 1.41 bits per heavy atom. The summed E-state index contributed by atoms with van der Waals surface area (Å²) in [5, 5.41) is 12.2. The summed E-state index contributed by atoms with van der Waals surface area (Å²) >= 11 is 2.89. The number of para-hydroxylation sites is 1. The molecular weight excluding hydrogens is 318 g/mol. The quantitative estimate of drug-likeness (QED) is 0.842. The zero-order valence-corrected chi connectivity index (χ0v) is 14.0. The molecule has 0 amide bonds. The van der Waals surface area contributed by atoms with E-state index in [2.05, 4.69) is 28.5 Å². The average molecular weight is 335 g/mol. The number of aromatic nitrogens is 2. The minimum Gasteiger partial charge on any atom is -0.462 e. The molecule has 5 nitrogen and oxygen atoms in total. The molecule has 0 aliphatic carbocycles. The Bertz CT molecular complexity index is 674. The van der Waals surface area contributed by atoms with Gasteiger partial charge in [0.25, 0.3) is 0 Å². The van der Waals surface area contributed by atoms with Gasteiger partial charge >= 0.3 is 5.97 Å². The average Bonchev–Trinajstić information content (AvgIpc) is 3.06. The van der Waals surface area contributed by atoms with Gasteiger partial charge in [0.05, 0.1) is 0 Å². The predicted octanol–water partition coefficient (Wildman–Crippen LogP) is 3.64. The minimum absolute atomic E-state index is 0.00746. The molecule has 2 unspecified atom stereocenters. The molecule has 1 aromatic heterocycles. The summed E-state index contributed by atoms with van der Waals surface area (Å²) in [5.74, 6) is -0.154. The molecular formula is C15H17N3O2S2. The third-order valence-electron chi connectivity index (χ3n) is 3.42. The lowest BCUT2D eigenvalue weighted by Gasteiger charge is -2.07. The van der Waals surface area contributed by atoms with Gasteiger partial charge in [-0.15, -0.1) is 10.2 Å². The van der Waals surface area contributed by atoms with Crippen LogP contribution in [0.1, 0.15) is 25.8 Å². The van der Waals surface area contributed by atoms with Gasteiger partial charge in [0.2, 0.25) is 5.13 Å². The molecule has 2 atom stereocenters. The van der Waals surface area contributed by atoms with Gasteiger partial charge in [0, 0.05) is 12.1 Å². The van der Waals surface area contributed by atoms with Crippen molar-refractivity contribution >= 4 is 39.9 Å². The monoisotopic (exact) mass is 335 g/mol. The first-order chi connectivity index (χ1) is 10.7. The van der Waals surface area contributed by atoms with Gasteiger partial charge in [-0.25, -0.2) is 0 Å². The van der Waals surface area contributed by atoms with Crippen molar-refractivity contribution in [3.63, 3.8) is 0 Å². The van der Waals surface area contributed by atoms with Crippen molar-refractivity contribution in [3.05, 3.63) is 29.8 Å². The number of esters is 1. The number of rotatable bonds is 5. The summed E-state index contributed by atoms with van der Waals surface area (Å²) in [4.78, 5) is 11.7. The molecule has 1 aliphatic rings. The fourth-order valence-corrected chi connectivity index (χ4v) is 4.43. The van der Waals surface area contributed by atoms with E-state index in [1.807, 2.05) is 25.1 Å². The van der Waals surface area contributed by atoms with Crippen LogP contribution in [-0.4, -0.2) is 27.5 Å². The zero-order chi connectivity index (χ0) is 15.5. The van der Waals surface area contributed by atoms with Gasteiger partial charge in [-0.2, -0.15) is 0 Å². The topological polar surface area (TPSA) is 64.1 Å². The highest BCUT2D eigenvalue weighted by Crippen LogP contribution is 2.35. The molecule has 0 spiro atoms. The van der Waals surface area contributed by atoms with Crippen LogP contribution in [-0.2, 0) is 16.0 Å². The standard InChI is InChI=1S/C15H17N3O2S2/c1-3-10-6-4-5-7-11(10)16-14-17-18-15(22-14)21-12-8-9(2)20-13(12)19/h4-7,9,12H,3,8H2,1-2H3,(H,16,17). The first-order valence-corrected chi connectivity index (χ1v) is 8.91. The van der Waals surface area contributed by atoms with E-state index < -0.39 is 0 Å². The highest BCUT2D eigenvalue weighted by atomic mass is 32.2. The van der Waals surface area contributed by atoms with Crippen molar-refractivity contribution in [2.45, 2.75) is 42.4 Å². The Morgan fingerprint density at radius 3 is 2.95 bits per heavy atom. The fraction of sp³-hybridized carbons (Fsp3) is 0.400. The van der Waals surface area contributed by atoms with Crippen molar-refractivity contribution < 1.29 is 9.53 Å². The molecule has 1 fully saturated rings. The Balaban J connectivity index is 1.68. The number of anilines is 2. The van der Waals surface area contributed by atoms with E-state index in [1.54, 1.807) is 0 Å². The molecule has 1 N–H and O–H groups in total. The van der Waals surface area contributed by atoms with Crippen LogP contribution >= 0.6 is 23.1 Å². The summed E-state index contributed by atoms with van der Waals surface area (Å²) in [7, 11) is 0. The first kappa shape index (κ1) is 15.3. The molecule has 0 bridgehead atoms. The summed E-state index contributed by atoms with van der Waals surface area (Å²) < 4.78 is 5.94. The number of carbonyl (C=O) groups is 1. The second kappa shape index (κ2) is 6.66. The molecule has 1 aromatic carbocycles. The smallest absolute Gasteiger partial charge is 0.319 e. The van der Waals surface area contributed by atoms with Crippen molar-refractivity contribution in [2.75, 3.05) is 5.32 Å². The number of hydrogen-bond acceptors (Lipinski definition) is 7. The number of nitrogens with zero attached hydrogens (tertiary/aromatic N) is 2. The van der Waals surface area contributed by atoms with Crippen LogP contribution in [0.5, 0.6) is 0 Å². The Hall–Kier alpha value is -1.60. The van der Waals surface area contributed by atoms with Crippen LogP contribution in [0.3, 0.4) is 0 Å². The molecule has 1 saturated heterocycles. The third-order valence-corrected chi connectivity index (χ3v) is 5.54. The van der Waals surface area contributed by atoms with Crippen LogP contribution < -0.4 is 5.32 Å². The number of carbonyl (C=O) groups excluding carboxylic acids is 1. The zero-order valence-electron chi connectivity index (χ0n) is 12.4. The fourth-order valence-electron chi connectivity index (χ4n) is 2.31. The second-order valence-electron chi connectivity index (χ2n) is 5.10. The van der Waals surface area contributed by atoms with Crippen molar-refractivity contribution in [2.24, 2.45) is 0 Å². The van der Waals surface area contributed by atoms with Gasteiger partial charge in [0.1, 0.15) is 11.4 Å². The molecule has 7 heteroatoms. The third kappa shape index (κ3) is 3.41. The van der Waals surface area contributed by atoms with Crippen molar-refractivity contribution in [3.8, 4) is 0 Å². The van der Waals surface area contributed by atoms with Gasteiger partial charge in [0.15, 0.2) is 4.34 Å². The maximum absolute atomic E-state index is 11.7. The summed E-state index contributed by atoms with van der Waals surface area (Å²) in [5.41, 5.74) is 2.28. The van der Waals surface area contributed by atoms with Crippen LogP contribution in [0, 0.1) is 0 Å². The van der Waals surface area contributed by atoms with E-state index in [0.717, 1.165) is 28.0 Å². The summed E-state index contributed by atoms with van der Waals surface area (Å²) in [6.07, 6.45) is 1.67. The van der Waals surface area contributed by atoms with E-state index in [9.17, 15) is 4.79 Å². The molecule has 2 aromatic rings. The normalized spacial score (nSPS) is 20.9. The van der Waals surface area contributed by atoms with E-state index >= 15 is 0 Å². The van der Waals surface area contributed by atoms with Crippen LogP contribution in [0.15, 0.2) is 28.6 Å². The Morgan fingerprint density at radius 2 is 2.23 bits per heavy atom. The van der Waals surface area contributed by atoms with Crippen LogP contribution in [0.4, 0.5) is 10.8 Å². The van der Waals surface area contributed by atoms with E-state index in [0.29, 0.717) is 0 Å². The number of ether oxygens (including phenoxy) is 1. The maximum Gasteiger partial charge on any atom is 0.319 e. The SMILES string of the molecule is CCc1ccccc1Nc1nnc(SC2CC(C)OC2=O)s1. The molecule has 116 valence electrons. The van der Waals surface area contributed by atoms with Crippen molar-refractivity contribution in [1.29, 1.82) is 0 Å². The van der Waals surface area contributed by atoms with Crippen LogP contribution in [0.25, 0.3) is 0 Å².